The van der Waals surface area contributed by atoms with Crippen molar-refractivity contribution in [1.82, 2.24) is 10.2 Å². The summed E-state index contributed by atoms with van der Waals surface area (Å²) in [6, 6.07) is 20.5. The Morgan fingerprint density at radius 1 is 0.962 bits per heavy atom. The zero-order valence-electron chi connectivity index (χ0n) is 14.2. The molecule has 1 aliphatic rings. The Hall–Kier alpha value is -2.85. The summed E-state index contributed by atoms with van der Waals surface area (Å²) in [6.07, 6.45) is 0. The smallest absolute Gasteiger partial charge is 0.319 e. The maximum Gasteiger partial charge on any atom is 0.325 e. The highest BCUT2D eigenvalue weighted by molar-refractivity contribution is 6.30. The average molecular weight is 365 g/mol. The van der Waals surface area contributed by atoms with Gasteiger partial charge in [0.2, 0.25) is 0 Å². The molecule has 3 aromatic carbocycles. The van der Waals surface area contributed by atoms with E-state index in [0.717, 1.165) is 21.9 Å². The molecule has 5 heteroatoms. The molecule has 1 saturated heterocycles. The standard InChI is InChI=1S/C21H17ClN2O2/c1-21(17-9-8-15-4-2-3-5-16(15)12-17)19(25)24(20(26)23-21)13-14-6-10-18(22)11-7-14/h2-12H,13H2,1H3,(H,23,26)/t21-/m0/s1. The molecule has 0 radical (unpaired) electrons. The SMILES string of the molecule is C[C@@]1(c2ccc3ccccc3c2)NC(=O)N(Cc2ccc(Cl)cc2)C1=O. The molecule has 0 spiro atoms. The van der Waals surface area contributed by atoms with Crippen molar-refractivity contribution in [3.63, 3.8) is 0 Å². The fourth-order valence-corrected chi connectivity index (χ4v) is 3.43. The molecular weight excluding hydrogens is 348 g/mol. The number of carbonyl (C=O) groups is 2. The Morgan fingerprint density at radius 2 is 1.65 bits per heavy atom. The second-order valence-corrected chi connectivity index (χ2v) is 7.07. The minimum atomic E-state index is -1.08. The van der Waals surface area contributed by atoms with Gasteiger partial charge in [0.15, 0.2) is 0 Å². The van der Waals surface area contributed by atoms with Crippen molar-refractivity contribution in [2.45, 2.75) is 19.0 Å². The molecule has 1 heterocycles. The molecule has 0 aromatic heterocycles. The molecule has 26 heavy (non-hydrogen) atoms. The van der Waals surface area contributed by atoms with Gasteiger partial charge in [-0.3, -0.25) is 9.69 Å². The number of rotatable bonds is 3. The van der Waals surface area contributed by atoms with Gasteiger partial charge in [-0.2, -0.15) is 0 Å². The van der Waals surface area contributed by atoms with Crippen molar-refractivity contribution in [2.75, 3.05) is 0 Å². The Bertz CT molecular complexity index is 1020. The Labute approximate surface area is 156 Å². The van der Waals surface area contributed by atoms with Crippen LogP contribution < -0.4 is 5.32 Å². The molecule has 3 aromatic rings. The molecule has 4 nitrogen and oxygen atoms in total. The zero-order chi connectivity index (χ0) is 18.3. The quantitative estimate of drug-likeness (QED) is 0.697. The predicted octanol–water partition coefficient (Wildman–Crippen LogP) is 4.46. The Kier molecular flexibility index (Phi) is 3.93. The first-order valence-electron chi connectivity index (χ1n) is 8.35. The van der Waals surface area contributed by atoms with E-state index in [1.165, 1.54) is 4.90 Å². The van der Waals surface area contributed by atoms with Crippen molar-refractivity contribution < 1.29 is 9.59 Å². The summed E-state index contributed by atoms with van der Waals surface area (Å²) < 4.78 is 0. The maximum absolute atomic E-state index is 13.1. The van der Waals surface area contributed by atoms with E-state index in [2.05, 4.69) is 5.32 Å². The molecule has 4 rings (SSSR count). The number of halogens is 1. The number of nitrogens with zero attached hydrogens (tertiary/aromatic N) is 1. The van der Waals surface area contributed by atoms with Gasteiger partial charge < -0.3 is 5.32 Å². The molecule has 1 atom stereocenters. The van der Waals surface area contributed by atoms with Crippen LogP contribution in [0.4, 0.5) is 4.79 Å². The third-order valence-corrected chi connectivity index (χ3v) is 5.11. The predicted molar refractivity (Wildman–Crippen MR) is 102 cm³/mol. The lowest BCUT2D eigenvalue weighted by molar-refractivity contribution is -0.131. The van der Waals surface area contributed by atoms with Gasteiger partial charge in [0.25, 0.3) is 5.91 Å². The van der Waals surface area contributed by atoms with Crippen LogP contribution in [-0.4, -0.2) is 16.8 Å². The molecule has 0 aliphatic carbocycles. The molecule has 3 amide bonds. The second-order valence-electron chi connectivity index (χ2n) is 6.63. The topological polar surface area (TPSA) is 49.4 Å². The van der Waals surface area contributed by atoms with Crippen LogP contribution in [0.2, 0.25) is 5.02 Å². The van der Waals surface area contributed by atoms with Gasteiger partial charge in [0.05, 0.1) is 6.54 Å². The van der Waals surface area contributed by atoms with E-state index >= 15 is 0 Å². The lowest BCUT2D eigenvalue weighted by atomic mass is 9.90. The van der Waals surface area contributed by atoms with Gasteiger partial charge in [-0.25, -0.2) is 4.79 Å². The van der Waals surface area contributed by atoms with Crippen LogP contribution in [0.25, 0.3) is 10.8 Å². The second kappa shape index (κ2) is 6.15. The van der Waals surface area contributed by atoms with Crippen molar-refractivity contribution in [3.8, 4) is 0 Å². The van der Waals surface area contributed by atoms with Gasteiger partial charge in [-0.15, -0.1) is 0 Å². The molecule has 1 fully saturated rings. The number of benzene rings is 3. The van der Waals surface area contributed by atoms with E-state index in [4.69, 9.17) is 11.6 Å². The summed E-state index contributed by atoms with van der Waals surface area (Å²) in [7, 11) is 0. The molecular formula is C21H17ClN2O2. The molecule has 1 N–H and O–H groups in total. The lowest BCUT2D eigenvalue weighted by Gasteiger charge is -2.22. The van der Waals surface area contributed by atoms with Crippen LogP contribution in [0.5, 0.6) is 0 Å². The lowest BCUT2D eigenvalue weighted by Crippen LogP contribution is -2.40. The maximum atomic E-state index is 13.1. The van der Waals surface area contributed by atoms with Crippen molar-refractivity contribution in [2.24, 2.45) is 0 Å². The van der Waals surface area contributed by atoms with Gasteiger partial charge in [-0.05, 0) is 47.0 Å². The number of imide groups is 1. The van der Waals surface area contributed by atoms with Crippen molar-refractivity contribution in [1.29, 1.82) is 0 Å². The molecule has 0 saturated carbocycles. The van der Waals surface area contributed by atoms with E-state index in [0.29, 0.717) is 5.02 Å². The summed E-state index contributed by atoms with van der Waals surface area (Å²) in [5, 5.41) is 5.60. The van der Waals surface area contributed by atoms with Crippen molar-refractivity contribution in [3.05, 3.63) is 82.9 Å². The van der Waals surface area contributed by atoms with Crippen LogP contribution in [0, 0.1) is 0 Å². The number of hydrogen-bond acceptors (Lipinski definition) is 2. The summed E-state index contributed by atoms with van der Waals surface area (Å²) in [5.41, 5.74) is 0.543. The molecule has 1 aliphatic heterocycles. The summed E-state index contributed by atoms with van der Waals surface area (Å²) in [4.78, 5) is 26.8. The van der Waals surface area contributed by atoms with E-state index in [1.54, 1.807) is 19.1 Å². The summed E-state index contributed by atoms with van der Waals surface area (Å²) in [6.45, 7) is 1.96. The first-order valence-corrected chi connectivity index (χ1v) is 8.73. The molecule has 130 valence electrons. The number of amides is 3. The third kappa shape index (κ3) is 2.72. The number of carbonyl (C=O) groups excluding carboxylic acids is 2. The van der Waals surface area contributed by atoms with Crippen LogP contribution in [0.1, 0.15) is 18.1 Å². The highest BCUT2D eigenvalue weighted by Gasteiger charge is 2.48. The fraction of sp³-hybridized carbons (Fsp3) is 0.143. The zero-order valence-corrected chi connectivity index (χ0v) is 15.0. The van der Waals surface area contributed by atoms with Crippen LogP contribution >= 0.6 is 11.6 Å². The van der Waals surface area contributed by atoms with Gasteiger partial charge in [-0.1, -0.05) is 60.1 Å². The largest absolute Gasteiger partial charge is 0.325 e. The molecule has 0 unspecified atom stereocenters. The van der Waals surface area contributed by atoms with Crippen LogP contribution in [0.3, 0.4) is 0 Å². The van der Waals surface area contributed by atoms with Gasteiger partial charge >= 0.3 is 6.03 Å². The summed E-state index contributed by atoms with van der Waals surface area (Å²) >= 11 is 5.90. The first-order chi connectivity index (χ1) is 12.5. The van der Waals surface area contributed by atoms with Gasteiger partial charge in [0.1, 0.15) is 5.54 Å². The summed E-state index contributed by atoms with van der Waals surface area (Å²) in [5.74, 6) is -0.257. The number of urea groups is 1. The first kappa shape index (κ1) is 16.6. The fourth-order valence-electron chi connectivity index (χ4n) is 3.31. The van der Waals surface area contributed by atoms with E-state index in [1.807, 2.05) is 54.6 Å². The van der Waals surface area contributed by atoms with Crippen LogP contribution in [0.15, 0.2) is 66.7 Å². The minimum absolute atomic E-state index is 0.213. The van der Waals surface area contributed by atoms with E-state index < -0.39 is 5.54 Å². The highest BCUT2D eigenvalue weighted by Crippen LogP contribution is 2.31. The van der Waals surface area contributed by atoms with Gasteiger partial charge in [0, 0.05) is 5.02 Å². The third-order valence-electron chi connectivity index (χ3n) is 4.86. The number of nitrogens with one attached hydrogen (secondary N) is 1. The van der Waals surface area contributed by atoms with E-state index in [-0.39, 0.29) is 18.5 Å². The Morgan fingerprint density at radius 3 is 2.38 bits per heavy atom. The van der Waals surface area contributed by atoms with Crippen molar-refractivity contribution >= 4 is 34.3 Å². The Balaban J connectivity index is 1.66. The minimum Gasteiger partial charge on any atom is -0.319 e. The average Bonchev–Trinajstić information content (AvgIpc) is 2.87. The molecule has 0 bridgehead atoms. The number of fused-ring (bicyclic) bond motifs is 1. The van der Waals surface area contributed by atoms with Crippen LogP contribution in [-0.2, 0) is 16.9 Å². The monoisotopic (exact) mass is 364 g/mol. The normalized spacial score (nSPS) is 19.8. The van der Waals surface area contributed by atoms with E-state index in [9.17, 15) is 9.59 Å². The number of hydrogen-bond donors (Lipinski definition) is 1. The highest BCUT2D eigenvalue weighted by atomic mass is 35.5.